The van der Waals surface area contributed by atoms with Gasteiger partial charge in [-0.3, -0.25) is 0 Å². The molecule has 0 aliphatic carbocycles. The molecule has 0 unspecified atom stereocenters. The Morgan fingerprint density at radius 1 is 1.18 bits per heavy atom. The number of rotatable bonds is 5. The molecule has 0 saturated carbocycles. The van der Waals surface area contributed by atoms with Gasteiger partial charge in [0.2, 0.25) is 6.43 Å². The van der Waals surface area contributed by atoms with Gasteiger partial charge in [0, 0.05) is 12.5 Å². The summed E-state index contributed by atoms with van der Waals surface area (Å²) in [4.78, 5) is 0. The monoisotopic (exact) mass is 273 g/mol. The van der Waals surface area contributed by atoms with Crippen LogP contribution in [0.4, 0.5) is 17.6 Å². The molecule has 0 aliphatic heterocycles. The van der Waals surface area contributed by atoms with Gasteiger partial charge in [-0.1, -0.05) is 12.1 Å². The van der Waals surface area contributed by atoms with Crippen LogP contribution in [0.15, 0.2) is 24.3 Å². The zero-order valence-corrected chi connectivity index (χ0v) is 9.47. The molecule has 1 aromatic carbocycles. The van der Waals surface area contributed by atoms with E-state index in [2.05, 4.69) is 4.74 Å². The summed E-state index contributed by atoms with van der Waals surface area (Å²) < 4.78 is 52.0. The average Bonchev–Trinajstić information content (AvgIpc) is 2.16. The molecule has 0 amide bonds. The first kappa shape index (κ1) is 16.0. The summed E-state index contributed by atoms with van der Waals surface area (Å²) in [5.74, 6) is -0.0859. The quantitative estimate of drug-likeness (QED) is 0.835. The van der Waals surface area contributed by atoms with E-state index in [1.807, 2.05) is 0 Å². The summed E-state index contributed by atoms with van der Waals surface area (Å²) in [7, 11) is 0. The molecule has 0 aromatic heterocycles. The van der Waals surface area contributed by atoms with E-state index in [0.717, 1.165) is 0 Å². The molecule has 17 heavy (non-hydrogen) atoms. The third-order valence-corrected chi connectivity index (χ3v) is 1.94. The molecule has 1 aromatic rings. The van der Waals surface area contributed by atoms with Crippen molar-refractivity contribution in [1.82, 2.24) is 0 Å². The fourth-order valence-corrected chi connectivity index (χ4v) is 1.25. The Kier molecular flexibility index (Phi) is 6.91. The van der Waals surface area contributed by atoms with Gasteiger partial charge in [-0.25, -0.2) is 8.78 Å². The van der Waals surface area contributed by atoms with Gasteiger partial charge >= 0.3 is 6.61 Å². The number of ether oxygens (including phenoxy) is 1. The largest absolute Gasteiger partial charge is 0.435 e. The number of alkyl halides is 4. The van der Waals surface area contributed by atoms with Crippen LogP contribution in [0.5, 0.6) is 5.75 Å². The lowest BCUT2D eigenvalue weighted by atomic mass is 10.0. The van der Waals surface area contributed by atoms with Crippen molar-refractivity contribution in [1.29, 1.82) is 0 Å². The summed E-state index contributed by atoms with van der Waals surface area (Å²) in [6, 6.07) is 4.58. The van der Waals surface area contributed by atoms with Crippen molar-refractivity contribution in [3.63, 3.8) is 0 Å². The Labute approximate surface area is 102 Å². The topological polar surface area (TPSA) is 35.2 Å². The smallest absolute Gasteiger partial charge is 0.387 e. The third kappa shape index (κ3) is 5.74. The van der Waals surface area contributed by atoms with Crippen LogP contribution in [0, 0.1) is 0 Å². The minimum atomic E-state index is -2.94. The van der Waals surface area contributed by atoms with Crippen molar-refractivity contribution in [3.8, 4) is 5.75 Å². The predicted molar refractivity (Wildman–Crippen MR) is 57.9 cm³/mol. The van der Waals surface area contributed by atoms with E-state index in [9.17, 15) is 17.6 Å². The van der Waals surface area contributed by atoms with Crippen LogP contribution in [-0.2, 0) is 0 Å². The second-order valence-electron chi connectivity index (χ2n) is 3.18. The number of hydrogen-bond acceptors (Lipinski definition) is 2. The molecule has 1 rings (SSSR count). The zero-order valence-electron chi connectivity index (χ0n) is 8.65. The summed E-state index contributed by atoms with van der Waals surface area (Å²) in [5.41, 5.74) is 5.82. The van der Waals surface area contributed by atoms with Gasteiger partial charge in [-0.05, 0) is 17.7 Å². The first-order valence-electron chi connectivity index (χ1n) is 4.57. The molecule has 2 nitrogen and oxygen atoms in total. The Morgan fingerprint density at radius 2 is 1.82 bits per heavy atom. The maximum Gasteiger partial charge on any atom is 0.387 e. The van der Waals surface area contributed by atoms with Crippen molar-refractivity contribution in [2.24, 2.45) is 5.73 Å². The lowest BCUT2D eigenvalue weighted by Gasteiger charge is -2.12. The van der Waals surface area contributed by atoms with Gasteiger partial charge in [0.15, 0.2) is 0 Å². The molecule has 0 saturated heterocycles. The van der Waals surface area contributed by atoms with E-state index in [4.69, 9.17) is 5.73 Å². The minimum Gasteiger partial charge on any atom is -0.435 e. The number of benzene rings is 1. The van der Waals surface area contributed by atoms with Crippen molar-refractivity contribution in [2.75, 3.05) is 0 Å². The molecular weight excluding hydrogens is 262 g/mol. The lowest BCUT2D eigenvalue weighted by Crippen LogP contribution is -2.14. The maximum absolute atomic E-state index is 12.1. The van der Waals surface area contributed by atoms with Crippen LogP contribution in [0.1, 0.15) is 18.0 Å². The molecule has 0 heterocycles. The maximum atomic E-state index is 12.1. The van der Waals surface area contributed by atoms with E-state index in [0.29, 0.717) is 5.56 Å². The van der Waals surface area contributed by atoms with Gasteiger partial charge in [0.05, 0.1) is 0 Å². The van der Waals surface area contributed by atoms with E-state index >= 15 is 0 Å². The molecule has 0 fully saturated rings. The normalized spacial score (nSPS) is 12.4. The summed E-state index contributed by atoms with van der Waals surface area (Å²) in [5, 5.41) is 0. The molecule has 0 radical (unpaired) electrons. The third-order valence-electron chi connectivity index (χ3n) is 1.94. The Balaban J connectivity index is 0.00000256. The molecule has 7 heteroatoms. The summed E-state index contributed by atoms with van der Waals surface area (Å²) in [6.45, 7) is -2.94. The predicted octanol–water partition coefficient (Wildman–Crippen LogP) is 3.36. The van der Waals surface area contributed by atoms with Crippen molar-refractivity contribution in [3.05, 3.63) is 29.8 Å². The second kappa shape index (κ2) is 7.34. The van der Waals surface area contributed by atoms with Gasteiger partial charge < -0.3 is 10.5 Å². The SMILES string of the molecule is Cl.N[C@H](CC(F)F)c1cccc(OC(F)F)c1. The molecular formula is C10H12ClF4NO. The molecule has 98 valence electrons. The van der Waals surface area contributed by atoms with E-state index in [1.165, 1.54) is 24.3 Å². The summed E-state index contributed by atoms with van der Waals surface area (Å²) >= 11 is 0. The highest BCUT2D eigenvalue weighted by Crippen LogP contribution is 2.23. The van der Waals surface area contributed by atoms with Gasteiger partial charge in [0.25, 0.3) is 0 Å². The lowest BCUT2D eigenvalue weighted by molar-refractivity contribution is -0.0499. The van der Waals surface area contributed by atoms with Crippen LogP contribution in [0.25, 0.3) is 0 Å². The Bertz CT molecular complexity index is 338. The molecule has 0 aliphatic rings. The van der Waals surface area contributed by atoms with Gasteiger partial charge in [-0.2, -0.15) is 8.78 Å². The van der Waals surface area contributed by atoms with E-state index in [1.54, 1.807) is 0 Å². The van der Waals surface area contributed by atoms with Crippen molar-refractivity contribution in [2.45, 2.75) is 25.5 Å². The molecule has 0 bridgehead atoms. The fraction of sp³-hybridized carbons (Fsp3) is 0.400. The standard InChI is InChI=1S/C10H11F4NO.ClH/c11-9(12)5-8(15)6-2-1-3-7(4-6)16-10(13)14;/h1-4,8-10H,5,15H2;1H/t8-;/m1./s1. The van der Waals surface area contributed by atoms with E-state index in [-0.39, 0.29) is 18.2 Å². The van der Waals surface area contributed by atoms with Crippen molar-refractivity contribution >= 4 is 12.4 Å². The summed E-state index contributed by atoms with van der Waals surface area (Å²) in [6.07, 6.45) is -3.05. The fourth-order valence-electron chi connectivity index (χ4n) is 1.25. The highest BCUT2D eigenvalue weighted by atomic mass is 35.5. The second-order valence-corrected chi connectivity index (χ2v) is 3.18. The van der Waals surface area contributed by atoms with Gasteiger partial charge in [-0.15, -0.1) is 12.4 Å². The number of halogens is 5. The van der Waals surface area contributed by atoms with Gasteiger partial charge in [0.1, 0.15) is 5.75 Å². The Hall–Kier alpha value is -1.01. The minimum absolute atomic E-state index is 0. The molecule has 1 atom stereocenters. The Morgan fingerprint density at radius 3 is 2.35 bits per heavy atom. The average molecular weight is 274 g/mol. The zero-order chi connectivity index (χ0) is 12.1. The van der Waals surface area contributed by atoms with Crippen LogP contribution >= 0.6 is 12.4 Å². The highest BCUT2D eigenvalue weighted by molar-refractivity contribution is 5.85. The van der Waals surface area contributed by atoms with Crippen LogP contribution in [-0.4, -0.2) is 13.0 Å². The first-order chi connectivity index (χ1) is 7.49. The van der Waals surface area contributed by atoms with E-state index < -0.39 is 25.5 Å². The molecule has 2 N–H and O–H groups in total. The number of hydrogen-bond donors (Lipinski definition) is 1. The molecule has 0 spiro atoms. The number of nitrogens with two attached hydrogens (primary N) is 1. The highest BCUT2D eigenvalue weighted by Gasteiger charge is 2.14. The first-order valence-corrected chi connectivity index (χ1v) is 4.57. The van der Waals surface area contributed by atoms with Crippen LogP contribution < -0.4 is 10.5 Å². The van der Waals surface area contributed by atoms with Crippen LogP contribution in [0.2, 0.25) is 0 Å². The van der Waals surface area contributed by atoms with Crippen LogP contribution in [0.3, 0.4) is 0 Å². The van der Waals surface area contributed by atoms with Crippen molar-refractivity contribution < 1.29 is 22.3 Å².